The molecule has 0 amide bonds. The van der Waals surface area contributed by atoms with E-state index in [0.717, 1.165) is 30.8 Å². The van der Waals surface area contributed by atoms with Crippen molar-refractivity contribution in [3.63, 3.8) is 0 Å². The molecule has 0 bridgehead atoms. The molecular weight excluding hydrogens is 286 g/mol. The van der Waals surface area contributed by atoms with E-state index in [2.05, 4.69) is 41.2 Å². The van der Waals surface area contributed by atoms with Crippen LogP contribution in [0.15, 0.2) is 41.4 Å². The number of aryl methyl sites for hydroxylation is 1. The van der Waals surface area contributed by atoms with Gasteiger partial charge in [-0.2, -0.15) is 0 Å². The van der Waals surface area contributed by atoms with Crippen LogP contribution in [0.5, 0.6) is 5.88 Å². The fourth-order valence-electron chi connectivity index (χ4n) is 2.75. The number of benzene rings is 1. The lowest BCUT2D eigenvalue weighted by molar-refractivity contribution is 0.205. The highest BCUT2D eigenvalue weighted by Gasteiger charge is 2.22. The predicted molar refractivity (Wildman–Crippen MR) is 93.7 cm³/mol. The Morgan fingerprint density at radius 1 is 1.22 bits per heavy atom. The van der Waals surface area contributed by atoms with Crippen molar-refractivity contribution in [1.29, 1.82) is 0 Å². The van der Waals surface area contributed by atoms with Gasteiger partial charge in [-0.3, -0.25) is 0 Å². The van der Waals surface area contributed by atoms with E-state index in [4.69, 9.17) is 4.74 Å². The molecule has 0 atom stereocenters. The maximum Gasteiger partial charge on any atom is 0.213 e. The number of aromatic nitrogens is 1. The van der Waals surface area contributed by atoms with Gasteiger partial charge in [0.15, 0.2) is 0 Å². The lowest BCUT2D eigenvalue weighted by Gasteiger charge is -2.13. The van der Waals surface area contributed by atoms with E-state index in [1.54, 1.807) is 0 Å². The van der Waals surface area contributed by atoms with Gasteiger partial charge in [0, 0.05) is 32.5 Å². The zero-order valence-electron chi connectivity index (χ0n) is 14.0. The molecule has 23 heavy (non-hydrogen) atoms. The molecule has 0 aliphatic heterocycles. The third-order valence-corrected chi connectivity index (χ3v) is 4.23. The van der Waals surface area contributed by atoms with Crippen molar-refractivity contribution >= 4 is 12.0 Å². The molecule has 3 rings (SSSR count). The fraction of sp³-hybridized carbons (Fsp3) is 0.368. The van der Waals surface area contributed by atoms with E-state index in [-0.39, 0.29) is 6.10 Å². The summed E-state index contributed by atoms with van der Waals surface area (Å²) in [5, 5.41) is 0. The van der Waals surface area contributed by atoms with Gasteiger partial charge in [-0.05, 0) is 31.0 Å². The molecule has 4 heteroatoms. The summed E-state index contributed by atoms with van der Waals surface area (Å²) in [5.41, 5.74) is 4.54. The smallest absolute Gasteiger partial charge is 0.213 e. The summed E-state index contributed by atoms with van der Waals surface area (Å²) < 4.78 is 6.07. The van der Waals surface area contributed by atoms with Crippen LogP contribution in [0.4, 0.5) is 5.69 Å². The van der Waals surface area contributed by atoms with Crippen LogP contribution in [-0.4, -0.2) is 35.9 Å². The van der Waals surface area contributed by atoms with Gasteiger partial charge in [-0.1, -0.05) is 24.3 Å². The van der Waals surface area contributed by atoms with E-state index in [1.165, 1.54) is 11.1 Å². The highest BCUT2D eigenvalue weighted by Crippen LogP contribution is 2.26. The summed E-state index contributed by atoms with van der Waals surface area (Å²) in [6, 6.07) is 12.4. The highest BCUT2D eigenvalue weighted by molar-refractivity contribution is 5.62. The first-order chi connectivity index (χ1) is 11.2. The summed E-state index contributed by atoms with van der Waals surface area (Å²) in [6.45, 7) is 4.99. The summed E-state index contributed by atoms with van der Waals surface area (Å²) in [5.74, 6) is 0.683. The third-order valence-electron chi connectivity index (χ3n) is 4.23. The first-order valence-corrected chi connectivity index (χ1v) is 8.11. The highest BCUT2D eigenvalue weighted by atomic mass is 16.5. The number of hydrogen-bond acceptors (Lipinski definition) is 3. The Balaban J connectivity index is 1.66. The molecule has 0 radical (unpaired) electrons. The number of fused-ring (bicyclic) bond motifs is 1. The van der Waals surface area contributed by atoms with Crippen LogP contribution in [0.25, 0.3) is 0 Å². The molecule has 120 valence electrons. The molecule has 0 unspecified atom stereocenters. The minimum atomic E-state index is 0.180. The van der Waals surface area contributed by atoms with Gasteiger partial charge in [0.25, 0.3) is 0 Å². The fourth-order valence-corrected chi connectivity index (χ4v) is 2.75. The molecule has 4 nitrogen and oxygen atoms in total. The van der Waals surface area contributed by atoms with E-state index in [0.29, 0.717) is 5.88 Å². The molecule has 1 aromatic heterocycles. The molecule has 0 saturated heterocycles. The summed E-state index contributed by atoms with van der Waals surface area (Å²) in [7, 11) is 2.00. The van der Waals surface area contributed by atoms with Gasteiger partial charge in [0.1, 0.15) is 6.10 Å². The lowest BCUT2D eigenvalue weighted by atomic mass is 10.1. The van der Waals surface area contributed by atoms with Crippen LogP contribution in [0.1, 0.15) is 23.7 Å². The minimum Gasteiger partial charge on any atom is -0.474 e. The van der Waals surface area contributed by atoms with E-state index < -0.39 is 0 Å². The van der Waals surface area contributed by atoms with Crippen LogP contribution in [-0.2, 0) is 12.8 Å². The largest absolute Gasteiger partial charge is 0.474 e. The Labute approximate surface area is 137 Å². The van der Waals surface area contributed by atoms with Gasteiger partial charge in [-0.25, -0.2) is 9.98 Å². The maximum atomic E-state index is 6.07. The normalized spacial score (nSPS) is 14.2. The quantitative estimate of drug-likeness (QED) is 0.626. The van der Waals surface area contributed by atoms with Crippen molar-refractivity contribution in [1.82, 2.24) is 9.88 Å². The molecule has 1 aromatic carbocycles. The Morgan fingerprint density at radius 2 is 1.91 bits per heavy atom. The molecule has 2 aromatic rings. The zero-order valence-corrected chi connectivity index (χ0v) is 14.0. The zero-order chi connectivity index (χ0) is 16.2. The summed E-state index contributed by atoms with van der Waals surface area (Å²) >= 11 is 0. The van der Waals surface area contributed by atoms with Gasteiger partial charge in [-0.15, -0.1) is 0 Å². The monoisotopic (exact) mass is 309 g/mol. The number of hydrogen-bond donors (Lipinski definition) is 0. The Bertz CT molecular complexity index is 687. The predicted octanol–water partition coefficient (Wildman–Crippen LogP) is 3.55. The standard InChI is InChI=1S/C19H23N3O/c1-4-22(3)13-20-18-9-10-19(21-14(18)2)23-17-11-15-7-5-6-8-16(15)12-17/h5-10,13,17H,4,11-12H2,1-3H3. The van der Waals surface area contributed by atoms with Crippen molar-refractivity contribution in [2.75, 3.05) is 13.6 Å². The van der Waals surface area contributed by atoms with Crippen LogP contribution in [0, 0.1) is 6.92 Å². The summed E-state index contributed by atoms with van der Waals surface area (Å²) in [4.78, 5) is 11.0. The minimum absolute atomic E-state index is 0.180. The van der Waals surface area contributed by atoms with Crippen LogP contribution < -0.4 is 4.74 Å². The van der Waals surface area contributed by atoms with Crippen molar-refractivity contribution in [2.45, 2.75) is 32.8 Å². The Morgan fingerprint density at radius 3 is 2.52 bits per heavy atom. The van der Waals surface area contributed by atoms with Crippen molar-refractivity contribution in [3.05, 3.63) is 53.2 Å². The first-order valence-electron chi connectivity index (χ1n) is 8.11. The van der Waals surface area contributed by atoms with Gasteiger partial charge in [0.2, 0.25) is 5.88 Å². The Kier molecular flexibility index (Phi) is 4.60. The van der Waals surface area contributed by atoms with Crippen molar-refractivity contribution in [3.8, 4) is 5.88 Å². The molecular formula is C19H23N3O. The van der Waals surface area contributed by atoms with Gasteiger partial charge in [0.05, 0.1) is 17.7 Å². The van der Waals surface area contributed by atoms with Crippen molar-refractivity contribution in [2.24, 2.45) is 4.99 Å². The van der Waals surface area contributed by atoms with E-state index >= 15 is 0 Å². The number of aliphatic imine (C=N–C) groups is 1. The molecule has 0 fully saturated rings. The van der Waals surface area contributed by atoms with Gasteiger partial charge < -0.3 is 9.64 Å². The number of rotatable bonds is 5. The molecule has 0 N–H and O–H groups in total. The number of pyridine rings is 1. The van der Waals surface area contributed by atoms with Crippen LogP contribution in [0.3, 0.4) is 0 Å². The topological polar surface area (TPSA) is 37.7 Å². The second kappa shape index (κ2) is 6.82. The van der Waals surface area contributed by atoms with Crippen molar-refractivity contribution < 1.29 is 4.74 Å². The number of nitrogens with zero attached hydrogens (tertiary/aromatic N) is 3. The Hall–Kier alpha value is -2.36. The molecule has 0 saturated carbocycles. The SMILES string of the molecule is CCN(C)C=Nc1ccc(OC2Cc3ccccc3C2)nc1C. The maximum absolute atomic E-state index is 6.07. The number of ether oxygens (including phenoxy) is 1. The molecule has 0 spiro atoms. The molecule has 1 heterocycles. The second-order valence-corrected chi connectivity index (χ2v) is 5.99. The second-order valence-electron chi connectivity index (χ2n) is 5.99. The van der Waals surface area contributed by atoms with Gasteiger partial charge >= 0.3 is 0 Å². The van der Waals surface area contributed by atoms with Crippen LogP contribution >= 0.6 is 0 Å². The first kappa shape index (κ1) is 15.5. The van der Waals surface area contributed by atoms with E-state index in [1.807, 2.05) is 37.3 Å². The average molecular weight is 309 g/mol. The third kappa shape index (κ3) is 3.70. The molecule has 1 aliphatic carbocycles. The lowest BCUT2D eigenvalue weighted by Crippen LogP contribution is -2.17. The van der Waals surface area contributed by atoms with Crippen LogP contribution in [0.2, 0.25) is 0 Å². The average Bonchev–Trinajstić information content (AvgIpc) is 2.96. The summed E-state index contributed by atoms with van der Waals surface area (Å²) in [6.07, 6.45) is 3.92. The molecule has 1 aliphatic rings. The van der Waals surface area contributed by atoms with E-state index in [9.17, 15) is 0 Å².